The number of ether oxygens (including phenoxy) is 2. The van der Waals surface area contributed by atoms with Gasteiger partial charge in [-0.05, 0) is 126 Å². The number of carbonyl (C=O) groups is 2. The third kappa shape index (κ3) is 17.6. The lowest BCUT2D eigenvalue weighted by Gasteiger charge is -2.36. The van der Waals surface area contributed by atoms with Crippen LogP contribution < -0.4 is 30.3 Å². The van der Waals surface area contributed by atoms with Crippen LogP contribution in [0.15, 0.2) is 58.3 Å². The van der Waals surface area contributed by atoms with E-state index < -0.39 is 26.0 Å². The second-order valence-corrected chi connectivity index (χ2v) is 22.7. The molecule has 2 aromatic carbocycles. The molecule has 0 aliphatic carbocycles. The molecule has 1 amide bonds. The molecule has 0 saturated carbocycles. The van der Waals surface area contributed by atoms with E-state index in [0.717, 1.165) is 99.1 Å². The van der Waals surface area contributed by atoms with Crippen LogP contribution >= 0.6 is 0 Å². The first-order valence-electron chi connectivity index (χ1n) is 24.7. The molecule has 0 unspecified atom stereocenters. The lowest BCUT2D eigenvalue weighted by atomic mass is 10.1. The SMILES string of the molecule is COc1cc(C)c(S(=O)(=O)N(C)CCC(=O)NCCN2CCN(c3cc(C)nc(C)c3)CC2)c(C)c1.COc1cc(C)c(S(=O)(=O)N(C)CCC(=O)O)c(C)c1.Cc1cc(N2CCN(CCN)CC2)cc(C)n1. The van der Waals surface area contributed by atoms with Crippen molar-refractivity contribution in [1.29, 1.82) is 0 Å². The zero-order valence-corrected chi connectivity index (χ0v) is 46.8. The van der Waals surface area contributed by atoms with Crippen LogP contribution in [-0.2, 0) is 29.6 Å². The van der Waals surface area contributed by atoms with E-state index >= 15 is 0 Å². The first-order valence-corrected chi connectivity index (χ1v) is 27.5. The number of nitrogens with two attached hydrogens (primary N) is 1. The number of nitrogens with zero attached hydrogens (tertiary/aromatic N) is 8. The fraction of sp³-hybridized carbons (Fsp3) is 0.538. The zero-order chi connectivity index (χ0) is 54.2. The van der Waals surface area contributed by atoms with Gasteiger partial charge in [-0.15, -0.1) is 0 Å². The van der Waals surface area contributed by atoms with Crippen molar-refractivity contribution in [3.63, 3.8) is 0 Å². The monoisotopic (exact) mass is 1050 g/mol. The van der Waals surface area contributed by atoms with Crippen LogP contribution in [-0.4, -0.2) is 182 Å². The predicted molar refractivity (Wildman–Crippen MR) is 288 cm³/mol. The maximum atomic E-state index is 13.1. The highest BCUT2D eigenvalue weighted by Crippen LogP contribution is 2.29. The van der Waals surface area contributed by atoms with Crippen molar-refractivity contribution >= 4 is 43.3 Å². The summed E-state index contributed by atoms with van der Waals surface area (Å²) in [6.07, 6.45) is -0.123. The average Bonchev–Trinajstić information content (AvgIpc) is 3.32. The number of nitrogens with one attached hydrogen (secondary N) is 1. The Bertz CT molecular complexity index is 2620. The highest BCUT2D eigenvalue weighted by molar-refractivity contribution is 7.89. The first kappa shape index (κ1) is 60.1. The van der Waals surface area contributed by atoms with Gasteiger partial charge in [0, 0.05) is 146 Å². The number of piperazine rings is 2. The Morgan fingerprint density at radius 1 is 0.589 bits per heavy atom. The number of amides is 1. The molecule has 0 bridgehead atoms. The summed E-state index contributed by atoms with van der Waals surface area (Å²) in [5.74, 6) is 0.0268. The van der Waals surface area contributed by atoms with Gasteiger partial charge in [0.25, 0.3) is 0 Å². The molecule has 4 N–H and O–H groups in total. The van der Waals surface area contributed by atoms with Crippen LogP contribution in [0.5, 0.6) is 11.5 Å². The number of carboxylic acids is 1. The number of pyridine rings is 2. The van der Waals surface area contributed by atoms with Crippen molar-refractivity contribution in [2.24, 2.45) is 5.73 Å². The summed E-state index contributed by atoms with van der Waals surface area (Å²) in [6, 6.07) is 15.3. The van der Waals surface area contributed by atoms with Crippen molar-refractivity contribution in [2.45, 2.75) is 78.0 Å². The number of carbonyl (C=O) groups excluding carboxylic acids is 1. The van der Waals surface area contributed by atoms with Gasteiger partial charge in [0.1, 0.15) is 11.5 Å². The van der Waals surface area contributed by atoms with Crippen LogP contribution in [0.25, 0.3) is 0 Å². The summed E-state index contributed by atoms with van der Waals surface area (Å²) in [6.45, 7) is 26.3. The predicted octanol–water partition coefficient (Wildman–Crippen LogP) is 4.46. The molecular weight excluding hydrogens is 973 g/mol. The number of benzene rings is 2. The smallest absolute Gasteiger partial charge is 0.304 e. The molecular formula is C52H80N10O9S2. The number of methoxy groups -OCH3 is 2. The Morgan fingerprint density at radius 3 is 1.26 bits per heavy atom. The summed E-state index contributed by atoms with van der Waals surface area (Å²) in [4.78, 5) is 41.9. The first-order chi connectivity index (χ1) is 34.4. The summed E-state index contributed by atoms with van der Waals surface area (Å²) >= 11 is 0. The van der Waals surface area contributed by atoms with E-state index in [0.29, 0.717) is 40.3 Å². The van der Waals surface area contributed by atoms with Crippen molar-refractivity contribution in [3.8, 4) is 11.5 Å². The van der Waals surface area contributed by atoms with Crippen molar-refractivity contribution in [2.75, 3.05) is 130 Å². The molecule has 0 atom stereocenters. The second kappa shape index (κ2) is 27.8. The zero-order valence-electron chi connectivity index (χ0n) is 45.1. The third-order valence-corrected chi connectivity index (χ3v) is 17.1. The quantitative estimate of drug-likeness (QED) is 0.118. The summed E-state index contributed by atoms with van der Waals surface area (Å²) < 4.78 is 63.8. The molecule has 6 rings (SSSR count). The van der Waals surface area contributed by atoms with E-state index in [1.807, 2.05) is 13.8 Å². The Hall–Kier alpha value is -5.42. The molecule has 19 nitrogen and oxygen atoms in total. The van der Waals surface area contributed by atoms with E-state index in [9.17, 15) is 26.4 Å². The Kier molecular flexibility index (Phi) is 22.9. The molecule has 2 saturated heterocycles. The minimum Gasteiger partial charge on any atom is -0.497 e. The molecule has 21 heteroatoms. The fourth-order valence-electron chi connectivity index (χ4n) is 9.01. The highest BCUT2D eigenvalue weighted by Gasteiger charge is 2.28. The molecule has 73 heavy (non-hydrogen) atoms. The topological polar surface area (TPSA) is 224 Å². The second-order valence-electron chi connectivity index (χ2n) is 18.7. The molecule has 2 aliphatic rings. The minimum absolute atomic E-state index is 0.0669. The van der Waals surface area contributed by atoms with E-state index in [1.54, 1.807) is 59.1 Å². The van der Waals surface area contributed by atoms with Crippen LogP contribution in [0.3, 0.4) is 0 Å². The minimum atomic E-state index is -3.71. The van der Waals surface area contributed by atoms with Gasteiger partial charge in [0.05, 0.1) is 30.4 Å². The van der Waals surface area contributed by atoms with E-state index in [4.69, 9.17) is 20.3 Å². The number of aryl methyl sites for hydroxylation is 8. The summed E-state index contributed by atoms with van der Waals surface area (Å²) in [7, 11) is -1.46. The molecule has 2 aliphatic heterocycles. The fourth-order valence-corrected chi connectivity index (χ4v) is 12.2. The number of aliphatic carboxylic acids is 1. The highest BCUT2D eigenvalue weighted by atomic mass is 32.2. The number of anilines is 2. The molecule has 4 heterocycles. The summed E-state index contributed by atoms with van der Waals surface area (Å²) in [5.41, 5.74) is 14.8. The molecule has 2 aromatic heterocycles. The van der Waals surface area contributed by atoms with Gasteiger partial charge in [0.2, 0.25) is 26.0 Å². The normalized spacial score (nSPS) is 14.6. The van der Waals surface area contributed by atoms with Gasteiger partial charge in [-0.1, -0.05) is 0 Å². The molecule has 0 spiro atoms. The number of hydrogen-bond donors (Lipinski definition) is 3. The van der Waals surface area contributed by atoms with Crippen LogP contribution in [0.1, 0.15) is 57.9 Å². The van der Waals surface area contributed by atoms with Crippen LogP contribution in [0, 0.1) is 55.4 Å². The lowest BCUT2D eigenvalue weighted by Crippen LogP contribution is -2.48. The van der Waals surface area contributed by atoms with Crippen molar-refractivity contribution in [3.05, 3.63) is 93.6 Å². The third-order valence-electron chi connectivity index (χ3n) is 12.8. The van der Waals surface area contributed by atoms with Gasteiger partial charge >= 0.3 is 5.97 Å². The molecule has 2 fully saturated rings. The Morgan fingerprint density at radius 2 is 0.932 bits per heavy atom. The number of aromatic nitrogens is 2. The largest absolute Gasteiger partial charge is 0.497 e. The van der Waals surface area contributed by atoms with Gasteiger partial charge in [-0.25, -0.2) is 25.4 Å². The van der Waals surface area contributed by atoms with Crippen LogP contribution in [0.2, 0.25) is 0 Å². The Balaban J connectivity index is 0.000000262. The Labute approximate surface area is 434 Å². The average molecular weight is 1050 g/mol. The van der Waals surface area contributed by atoms with E-state index in [1.165, 1.54) is 36.9 Å². The van der Waals surface area contributed by atoms with Crippen molar-refractivity contribution < 1.29 is 41.0 Å². The van der Waals surface area contributed by atoms with Crippen LogP contribution in [0.4, 0.5) is 11.4 Å². The number of rotatable bonds is 19. The van der Waals surface area contributed by atoms with Gasteiger partial charge in [-0.2, -0.15) is 0 Å². The number of hydrogen-bond acceptors (Lipinski definition) is 15. The van der Waals surface area contributed by atoms with E-state index in [2.05, 4.69) is 73.0 Å². The van der Waals surface area contributed by atoms with Crippen molar-refractivity contribution in [1.82, 2.24) is 33.7 Å². The van der Waals surface area contributed by atoms with Gasteiger partial charge in [0.15, 0.2) is 0 Å². The summed E-state index contributed by atoms with van der Waals surface area (Å²) in [5, 5.41) is 11.6. The lowest BCUT2D eigenvalue weighted by molar-refractivity contribution is -0.137. The molecule has 4 aromatic rings. The standard InChI is InChI=1S/C26H39N5O4S.C13H22N4.C13H19NO5S/c1-19-15-24(35-6)16-20(2)26(19)36(33,34)29(5)9-7-25(32)27-8-10-30-11-13-31(14-12-30)23-17-21(3)28-22(4)18-23;1-11-9-13(10-12(2)15-11)17-7-5-16(4-3-14)6-8-17;1-9-7-11(19-4)8-10(2)13(9)20(17,18)14(3)6-5-12(15)16/h15-18H,7-14H2,1-6H3,(H,27,32);9-10H,3-8,14H2,1-2H3;7-8H,5-6H2,1-4H3,(H,15,16). The van der Waals surface area contributed by atoms with Gasteiger partial charge < -0.3 is 35.4 Å². The number of sulfonamides is 2. The maximum absolute atomic E-state index is 13.1. The van der Waals surface area contributed by atoms with E-state index in [-0.39, 0.29) is 41.6 Å². The number of carboxylic acid groups (broad SMARTS) is 1. The maximum Gasteiger partial charge on any atom is 0.304 e. The molecule has 0 radical (unpaired) electrons. The molecule has 404 valence electrons. The van der Waals surface area contributed by atoms with Gasteiger partial charge in [-0.3, -0.25) is 29.4 Å².